The molecule has 0 spiro atoms. The molecule has 0 radical (unpaired) electrons. The number of fused-ring (bicyclic) bond motifs is 2. The molecule has 4 heterocycles. The molecular formula is C32H36Cl2N2S2Si. The predicted molar refractivity (Wildman–Crippen MR) is 173 cm³/mol. The molecule has 2 aromatic heterocycles. The summed E-state index contributed by atoms with van der Waals surface area (Å²) < 4.78 is 3.40. The third-order valence-electron chi connectivity index (χ3n) is 8.75. The van der Waals surface area contributed by atoms with Crippen molar-refractivity contribution in [1.82, 2.24) is 9.80 Å². The number of thiophene rings is 2. The summed E-state index contributed by atoms with van der Waals surface area (Å²) in [6, 6.07) is 24.3. The number of halogens is 2. The molecule has 0 unspecified atom stereocenters. The van der Waals surface area contributed by atoms with E-state index in [9.17, 15) is 0 Å². The van der Waals surface area contributed by atoms with Crippen LogP contribution in [0.5, 0.6) is 0 Å². The molecule has 204 valence electrons. The summed E-state index contributed by atoms with van der Waals surface area (Å²) in [5, 5.41) is 1.76. The summed E-state index contributed by atoms with van der Waals surface area (Å²) in [4.78, 5) is 8.37. The highest BCUT2D eigenvalue weighted by atomic mass is 35.5. The minimum Gasteiger partial charge on any atom is -0.294 e. The lowest BCUT2D eigenvalue weighted by Crippen LogP contribution is -2.54. The first kappa shape index (κ1) is 27.7. The highest BCUT2D eigenvalue weighted by Crippen LogP contribution is 2.33. The van der Waals surface area contributed by atoms with E-state index in [4.69, 9.17) is 23.2 Å². The molecule has 0 bridgehead atoms. The van der Waals surface area contributed by atoms with Crippen LogP contribution in [0.15, 0.2) is 60.7 Å². The summed E-state index contributed by atoms with van der Waals surface area (Å²) in [5.74, 6) is 0. The standard InChI is InChI=1S/C32H36Cl2N2S2Si/c1-3-39(4-2,31-17-25-21-35(15-13-29(25)37-31)19-23-9-5-7-11-27(23)33)32-18-26-22-36(16-14-30(26)38-32)20-24-10-6-8-12-28(24)34/h5-12,17-18H,3-4,13-16,19-22H2,1-2H3. The van der Waals surface area contributed by atoms with Crippen molar-refractivity contribution in [3.8, 4) is 0 Å². The van der Waals surface area contributed by atoms with Gasteiger partial charge in [0.15, 0.2) is 0 Å². The maximum absolute atomic E-state index is 6.49. The van der Waals surface area contributed by atoms with Crippen LogP contribution in [0.25, 0.3) is 0 Å². The van der Waals surface area contributed by atoms with E-state index >= 15 is 0 Å². The first-order valence-electron chi connectivity index (χ1n) is 14.1. The van der Waals surface area contributed by atoms with E-state index in [1.165, 1.54) is 23.2 Å². The van der Waals surface area contributed by atoms with Gasteiger partial charge in [-0.2, -0.15) is 0 Å². The average Bonchev–Trinajstić information content (AvgIpc) is 3.57. The number of hydrogen-bond donors (Lipinski definition) is 0. The highest BCUT2D eigenvalue weighted by molar-refractivity contribution is 7.37. The molecule has 6 rings (SSSR count). The number of hydrogen-bond acceptors (Lipinski definition) is 4. The molecule has 0 atom stereocenters. The molecule has 0 saturated heterocycles. The van der Waals surface area contributed by atoms with Crippen LogP contribution in [0.4, 0.5) is 0 Å². The Morgan fingerprint density at radius 1 is 0.692 bits per heavy atom. The fraction of sp³-hybridized carbons (Fsp3) is 0.375. The maximum atomic E-state index is 6.49. The van der Waals surface area contributed by atoms with E-state index in [0.29, 0.717) is 0 Å². The van der Waals surface area contributed by atoms with Crippen molar-refractivity contribution in [3.63, 3.8) is 0 Å². The molecule has 0 aliphatic carbocycles. The average molecular weight is 612 g/mol. The minimum atomic E-state index is -1.78. The van der Waals surface area contributed by atoms with Crippen LogP contribution in [-0.2, 0) is 39.0 Å². The van der Waals surface area contributed by atoms with Crippen LogP contribution in [0.3, 0.4) is 0 Å². The Morgan fingerprint density at radius 3 is 1.54 bits per heavy atom. The fourth-order valence-corrected chi connectivity index (χ4v) is 16.5. The summed E-state index contributed by atoms with van der Waals surface area (Å²) >= 11 is 17.2. The molecule has 0 saturated carbocycles. The van der Waals surface area contributed by atoms with E-state index in [0.717, 1.165) is 62.2 Å². The van der Waals surface area contributed by atoms with Gasteiger partial charge in [-0.25, -0.2) is 0 Å². The van der Waals surface area contributed by atoms with E-state index in [2.05, 4.69) is 82.7 Å². The molecule has 0 fully saturated rings. The van der Waals surface area contributed by atoms with Crippen LogP contribution in [0.1, 0.15) is 45.9 Å². The summed E-state index contributed by atoms with van der Waals surface area (Å²) in [6.07, 6.45) is 2.31. The van der Waals surface area contributed by atoms with Gasteiger partial charge < -0.3 is 0 Å². The molecular weight excluding hydrogens is 575 g/mol. The van der Waals surface area contributed by atoms with Crippen LogP contribution in [-0.4, -0.2) is 31.0 Å². The van der Waals surface area contributed by atoms with Gasteiger partial charge in [0, 0.05) is 59.1 Å². The van der Waals surface area contributed by atoms with Gasteiger partial charge in [-0.1, -0.05) is 85.5 Å². The van der Waals surface area contributed by atoms with Gasteiger partial charge >= 0.3 is 0 Å². The van der Waals surface area contributed by atoms with Gasteiger partial charge in [0.1, 0.15) is 8.07 Å². The second-order valence-electron chi connectivity index (χ2n) is 11.0. The SMILES string of the molecule is CC[Si](CC)(c1cc2c(s1)CCN(Cc1ccccc1Cl)C2)c1cc2c(s1)CCN(Cc1ccccc1Cl)C2. The molecule has 0 amide bonds. The lowest BCUT2D eigenvalue weighted by molar-refractivity contribution is 0.247. The quantitative estimate of drug-likeness (QED) is 0.187. The lowest BCUT2D eigenvalue weighted by atomic mass is 10.1. The molecule has 2 nitrogen and oxygen atoms in total. The lowest BCUT2D eigenvalue weighted by Gasteiger charge is -2.27. The minimum absolute atomic E-state index is 0.879. The Kier molecular flexibility index (Phi) is 8.39. The maximum Gasteiger partial charge on any atom is 0.142 e. The summed E-state index contributed by atoms with van der Waals surface area (Å²) in [6.45, 7) is 11.0. The van der Waals surface area contributed by atoms with Crippen molar-refractivity contribution < 1.29 is 0 Å². The summed E-state index contributed by atoms with van der Waals surface area (Å²) in [5.41, 5.74) is 5.58. The van der Waals surface area contributed by atoms with Gasteiger partial charge in [0.2, 0.25) is 0 Å². The van der Waals surface area contributed by atoms with Gasteiger partial charge in [0.05, 0.1) is 0 Å². The van der Waals surface area contributed by atoms with Crippen LogP contribution in [0.2, 0.25) is 22.1 Å². The molecule has 0 N–H and O–H groups in total. The molecule has 7 heteroatoms. The Balaban J connectivity index is 1.22. The van der Waals surface area contributed by atoms with Crippen molar-refractivity contribution in [2.24, 2.45) is 0 Å². The van der Waals surface area contributed by atoms with Crippen molar-refractivity contribution >= 4 is 63.0 Å². The largest absolute Gasteiger partial charge is 0.294 e. The predicted octanol–water partition coefficient (Wildman–Crippen LogP) is 7.84. The van der Waals surface area contributed by atoms with Gasteiger partial charge in [-0.05, 0) is 68.4 Å². The Morgan fingerprint density at radius 2 is 1.13 bits per heavy atom. The smallest absolute Gasteiger partial charge is 0.142 e. The van der Waals surface area contributed by atoms with Crippen LogP contribution < -0.4 is 9.00 Å². The Bertz CT molecular complexity index is 1350. The molecule has 2 aliphatic heterocycles. The third-order valence-corrected chi connectivity index (χ3v) is 19.1. The van der Waals surface area contributed by atoms with E-state index in [-0.39, 0.29) is 0 Å². The van der Waals surface area contributed by atoms with Crippen LogP contribution in [0, 0.1) is 0 Å². The fourth-order valence-electron chi connectivity index (χ4n) is 6.33. The highest BCUT2D eigenvalue weighted by Gasteiger charge is 2.39. The third kappa shape index (κ3) is 5.57. The zero-order valence-electron chi connectivity index (χ0n) is 22.8. The summed E-state index contributed by atoms with van der Waals surface area (Å²) in [7, 11) is -1.78. The van der Waals surface area contributed by atoms with Crippen molar-refractivity contribution in [3.05, 3.63) is 103 Å². The van der Waals surface area contributed by atoms with E-state index < -0.39 is 8.07 Å². The second-order valence-corrected chi connectivity index (χ2v) is 19.5. The topological polar surface area (TPSA) is 6.48 Å². The van der Waals surface area contributed by atoms with Crippen LogP contribution >= 0.6 is 45.9 Å². The molecule has 39 heavy (non-hydrogen) atoms. The zero-order chi connectivity index (χ0) is 27.0. The van der Waals surface area contributed by atoms with Gasteiger partial charge in [-0.15, -0.1) is 22.7 Å². The van der Waals surface area contributed by atoms with Gasteiger partial charge in [-0.3, -0.25) is 9.80 Å². The second kappa shape index (κ2) is 11.8. The number of rotatable bonds is 8. The first-order valence-corrected chi connectivity index (χ1v) is 18.9. The number of nitrogens with zero attached hydrogens (tertiary/aromatic N) is 2. The normalized spacial score (nSPS) is 16.3. The molecule has 2 aliphatic rings. The van der Waals surface area contributed by atoms with Crippen molar-refractivity contribution in [2.75, 3.05) is 13.1 Å². The molecule has 2 aromatic carbocycles. The van der Waals surface area contributed by atoms with E-state index in [1.54, 1.807) is 29.9 Å². The Labute approximate surface area is 252 Å². The number of benzene rings is 2. The molecule has 4 aromatic rings. The first-order chi connectivity index (χ1) is 19.0. The van der Waals surface area contributed by atoms with Gasteiger partial charge in [0.25, 0.3) is 0 Å². The van der Waals surface area contributed by atoms with Crippen molar-refractivity contribution in [1.29, 1.82) is 0 Å². The van der Waals surface area contributed by atoms with Crippen molar-refractivity contribution in [2.45, 2.75) is 65.0 Å². The monoisotopic (exact) mass is 610 g/mol. The van der Waals surface area contributed by atoms with E-state index in [1.807, 2.05) is 24.3 Å². The Hall–Kier alpha value is -1.44. The zero-order valence-corrected chi connectivity index (χ0v) is 27.0.